The number of carbonyl (C=O) groups excluding carboxylic acids is 1. The molecule has 4 heterocycles. The molecule has 1 fully saturated rings. The van der Waals surface area contributed by atoms with Gasteiger partial charge in [-0.1, -0.05) is 0 Å². The molecule has 0 bridgehead atoms. The lowest BCUT2D eigenvalue weighted by Crippen LogP contribution is -2.07. The third-order valence-electron chi connectivity index (χ3n) is 4.63. The normalized spacial score (nSPS) is 16.9. The van der Waals surface area contributed by atoms with Crippen molar-refractivity contribution < 1.29 is 14.6 Å². The molecule has 2 N–H and O–H groups in total. The third kappa shape index (κ3) is 3.01. The minimum Gasteiger partial charge on any atom is -0.508 e. The summed E-state index contributed by atoms with van der Waals surface area (Å²) >= 11 is 0. The van der Waals surface area contributed by atoms with Gasteiger partial charge in [0.1, 0.15) is 11.6 Å². The molecule has 1 saturated heterocycles. The predicted molar refractivity (Wildman–Crippen MR) is 98.1 cm³/mol. The highest BCUT2D eigenvalue weighted by atomic mass is 16.5. The van der Waals surface area contributed by atoms with E-state index in [0.717, 1.165) is 35.2 Å². The van der Waals surface area contributed by atoms with Crippen molar-refractivity contribution in [3.8, 4) is 17.0 Å². The Bertz CT molecular complexity index is 990. The fourth-order valence-corrected chi connectivity index (χ4v) is 3.38. The average molecular weight is 352 g/mol. The number of pyridine rings is 2. The number of hydrogen-bond acceptors (Lipinski definition) is 5. The van der Waals surface area contributed by atoms with Crippen LogP contribution >= 0.6 is 0 Å². The number of aromatic nitrogens is 3. The van der Waals surface area contributed by atoms with Gasteiger partial charge >= 0.3 is 0 Å². The van der Waals surface area contributed by atoms with Gasteiger partial charge in [-0.05, 0) is 12.5 Å². The van der Waals surface area contributed by atoms with Crippen LogP contribution in [0, 0.1) is 0 Å². The van der Waals surface area contributed by atoms with Crippen molar-refractivity contribution in [3.05, 3.63) is 36.3 Å². The third-order valence-corrected chi connectivity index (χ3v) is 4.63. The van der Waals surface area contributed by atoms with Gasteiger partial charge in [0, 0.05) is 55.8 Å². The Labute approximate surface area is 150 Å². The van der Waals surface area contributed by atoms with E-state index < -0.39 is 0 Å². The number of ether oxygens (including phenoxy) is 1. The molecule has 1 aliphatic heterocycles. The highest BCUT2D eigenvalue weighted by Crippen LogP contribution is 2.34. The van der Waals surface area contributed by atoms with Crippen molar-refractivity contribution in [1.29, 1.82) is 0 Å². The number of nitrogens with one attached hydrogen (secondary N) is 1. The molecule has 4 rings (SSSR count). The zero-order valence-corrected chi connectivity index (χ0v) is 14.7. The van der Waals surface area contributed by atoms with Crippen LogP contribution in [0.15, 0.2) is 30.6 Å². The molecule has 0 saturated carbocycles. The molecule has 26 heavy (non-hydrogen) atoms. The molecule has 134 valence electrons. The van der Waals surface area contributed by atoms with Crippen LogP contribution in [0.2, 0.25) is 0 Å². The molecular weight excluding hydrogens is 332 g/mol. The van der Waals surface area contributed by atoms with Gasteiger partial charge in [0.25, 0.3) is 0 Å². The van der Waals surface area contributed by atoms with Crippen molar-refractivity contribution in [2.45, 2.75) is 19.3 Å². The summed E-state index contributed by atoms with van der Waals surface area (Å²) in [6.07, 6.45) is 4.58. The fourth-order valence-electron chi connectivity index (χ4n) is 3.38. The zero-order valence-electron chi connectivity index (χ0n) is 14.7. The van der Waals surface area contributed by atoms with E-state index in [0.29, 0.717) is 18.1 Å². The first-order valence-electron chi connectivity index (χ1n) is 8.53. The Balaban J connectivity index is 1.84. The molecule has 3 aromatic heterocycles. The Kier molecular flexibility index (Phi) is 4.08. The van der Waals surface area contributed by atoms with Crippen LogP contribution in [0.5, 0.6) is 5.75 Å². The summed E-state index contributed by atoms with van der Waals surface area (Å²) in [5, 5.41) is 13.8. The number of aryl methyl sites for hydroxylation is 1. The molecule has 0 radical (unpaired) electrons. The second-order valence-corrected chi connectivity index (χ2v) is 6.62. The topological polar surface area (TPSA) is 89.3 Å². The number of rotatable bonds is 3. The van der Waals surface area contributed by atoms with Gasteiger partial charge in [-0.2, -0.15) is 0 Å². The largest absolute Gasteiger partial charge is 0.508 e. The molecule has 0 aliphatic carbocycles. The van der Waals surface area contributed by atoms with Gasteiger partial charge in [0.05, 0.1) is 29.7 Å². The van der Waals surface area contributed by atoms with E-state index >= 15 is 0 Å². The first kappa shape index (κ1) is 16.5. The van der Waals surface area contributed by atoms with Gasteiger partial charge in [-0.3, -0.25) is 9.78 Å². The second kappa shape index (κ2) is 6.42. The van der Waals surface area contributed by atoms with E-state index in [4.69, 9.17) is 9.72 Å². The van der Waals surface area contributed by atoms with Crippen molar-refractivity contribution in [3.63, 3.8) is 0 Å². The summed E-state index contributed by atoms with van der Waals surface area (Å²) in [6.45, 7) is 2.80. The number of fused-ring (bicyclic) bond motifs is 1. The van der Waals surface area contributed by atoms with Gasteiger partial charge in [0.2, 0.25) is 5.91 Å². The van der Waals surface area contributed by atoms with E-state index in [1.54, 1.807) is 18.3 Å². The molecule has 3 aromatic rings. The quantitative estimate of drug-likeness (QED) is 0.757. The number of hydrogen-bond donors (Lipinski definition) is 2. The molecule has 0 spiro atoms. The van der Waals surface area contributed by atoms with E-state index in [9.17, 15) is 9.90 Å². The van der Waals surface area contributed by atoms with Crippen LogP contribution in [0.4, 0.5) is 5.82 Å². The van der Waals surface area contributed by atoms with E-state index in [1.807, 2.05) is 23.9 Å². The molecular formula is C19H20N4O3. The summed E-state index contributed by atoms with van der Waals surface area (Å²) in [6, 6.07) is 5.20. The predicted octanol–water partition coefficient (Wildman–Crippen LogP) is 2.80. The smallest absolute Gasteiger partial charge is 0.222 e. The van der Waals surface area contributed by atoms with Crippen molar-refractivity contribution in [2.24, 2.45) is 7.05 Å². The van der Waals surface area contributed by atoms with Gasteiger partial charge in [-0.25, -0.2) is 4.98 Å². The maximum absolute atomic E-state index is 11.3. The monoisotopic (exact) mass is 352 g/mol. The molecule has 1 aliphatic rings. The zero-order chi connectivity index (χ0) is 18.3. The van der Waals surface area contributed by atoms with E-state index in [2.05, 4.69) is 10.3 Å². The van der Waals surface area contributed by atoms with Crippen LogP contribution in [0.25, 0.3) is 22.2 Å². The first-order chi connectivity index (χ1) is 12.5. The van der Waals surface area contributed by atoms with Crippen LogP contribution in [-0.2, 0) is 16.6 Å². The van der Waals surface area contributed by atoms with Crippen LogP contribution in [0.1, 0.15) is 25.0 Å². The minimum absolute atomic E-state index is 0.173. The minimum atomic E-state index is -0.173. The highest BCUT2D eigenvalue weighted by molar-refractivity contribution is 5.98. The molecule has 1 atom stereocenters. The number of nitrogens with zero attached hydrogens (tertiary/aromatic N) is 3. The summed E-state index contributed by atoms with van der Waals surface area (Å²) in [5.74, 6) is 0.702. The van der Waals surface area contributed by atoms with Crippen LogP contribution in [0.3, 0.4) is 0 Å². The fraction of sp³-hybridized carbons (Fsp3) is 0.316. The Morgan fingerprint density at radius 3 is 2.96 bits per heavy atom. The molecule has 1 unspecified atom stereocenters. The average Bonchev–Trinajstić information content (AvgIpc) is 3.22. The van der Waals surface area contributed by atoms with Gasteiger partial charge < -0.3 is 19.7 Å². The molecule has 7 heteroatoms. The summed E-state index contributed by atoms with van der Waals surface area (Å²) in [7, 11) is 1.93. The number of carbonyl (C=O) groups is 1. The lowest BCUT2D eigenvalue weighted by molar-refractivity contribution is -0.114. The summed E-state index contributed by atoms with van der Waals surface area (Å²) in [4.78, 5) is 20.4. The van der Waals surface area contributed by atoms with Gasteiger partial charge in [-0.15, -0.1) is 0 Å². The van der Waals surface area contributed by atoms with Crippen molar-refractivity contribution >= 4 is 22.6 Å². The van der Waals surface area contributed by atoms with Crippen molar-refractivity contribution in [2.75, 3.05) is 18.5 Å². The lowest BCUT2D eigenvalue weighted by Gasteiger charge is -2.10. The Morgan fingerprint density at radius 1 is 1.38 bits per heavy atom. The van der Waals surface area contributed by atoms with Crippen LogP contribution in [-0.4, -0.2) is 38.8 Å². The Morgan fingerprint density at radius 2 is 2.23 bits per heavy atom. The van der Waals surface area contributed by atoms with E-state index in [-0.39, 0.29) is 17.6 Å². The maximum atomic E-state index is 11.3. The summed E-state index contributed by atoms with van der Waals surface area (Å²) in [5.41, 5.74) is 3.33. The van der Waals surface area contributed by atoms with Crippen LogP contribution < -0.4 is 5.32 Å². The second-order valence-electron chi connectivity index (χ2n) is 6.62. The molecule has 1 amide bonds. The summed E-state index contributed by atoms with van der Waals surface area (Å²) < 4.78 is 7.41. The molecule has 0 aromatic carbocycles. The van der Waals surface area contributed by atoms with E-state index in [1.165, 1.54) is 6.92 Å². The SMILES string of the molecule is CC(=O)Nc1cc2c(-c3cc(O)cc(C4CCOC4)n3)cn(C)c2cn1. The number of anilines is 1. The van der Waals surface area contributed by atoms with Crippen molar-refractivity contribution in [1.82, 2.24) is 14.5 Å². The highest BCUT2D eigenvalue weighted by Gasteiger charge is 2.21. The Hall–Kier alpha value is -2.93. The first-order valence-corrected chi connectivity index (χ1v) is 8.53. The lowest BCUT2D eigenvalue weighted by atomic mass is 10.0. The maximum Gasteiger partial charge on any atom is 0.222 e. The molecule has 7 nitrogen and oxygen atoms in total. The standard InChI is InChI=1S/C19H20N4O3/c1-11(24)21-19-7-14-15(9-23(2)18(14)8-20-19)17-6-13(25)5-16(22-17)12-3-4-26-10-12/h5-9,12H,3-4,10H2,1-2H3,(H,22,25)(H,20,21,24). The number of aromatic hydroxyl groups is 1. The number of amides is 1. The van der Waals surface area contributed by atoms with Gasteiger partial charge in [0.15, 0.2) is 0 Å².